The summed E-state index contributed by atoms with van der Waals surface area (Å²) in [5.74, 6) is -1.12. The fourth-order valence-electron chi connectivity index (χ4n) is 2.61. The Morgan fingerprint density at radius 1 is 0.931 bits per heavy atom. The third-order valence-electron chi connectivity index (χ3n) is 4.10. The van der Waals surface area contributed by atoms with Gasteiger partial charge in [-0.3, -0.25) is 9.59 Å². The summed E-state index contributed by atoms with van der Waals surface area (Å²) in [5, 5.41) is 4.82. The first-order chi connectivity index (χ1) is 14.0. The van der Waals surface area contributed by atoms with Crippen molar-refractivity contribution in [1.29, 1.82) is 0 Å². The fraction of sp³-hybridized carbons (Fsp3) is 0.136. The van der Waals surface area contributed by atoms with E-state index in [1.807, 2.05) is 18.2 Å². The average Bonchev–Trinajstić information content (AvgIpc) is 3.28. The lowest BCUT2D eigenvalue weighted by Crippen LogP contribution is -2.34. The van der Waals surface area contributed by atoms with Gasteiger partial charge in [0, 0.05) is 22.1 Å². The van der Waals surface area contributed by atoms with Gasteiger partial charge in [0.25, 0.3) is 0 Å². The number of rotatable bonds is 9. The second-order valence-electron chi connectivity index (χ2n) is 6.21. The summed E-state index contributed by atoms with van der Waals surface area (Å²) in [7, 11) is 0. The molecule has 1 aromatic heterocycles. The van der Waals surface area contributed by atoms with Crippen molar-refractivity contribution >= 4 is 50.5 Å². The molecule has 0 amide bonds. The van der Waals surface area contributed by atoms with Crippen LogP contribution >= 0.6 is 27.3 Å². The van der Waals surface area contributed by atoms with Gasteiger partial charge >= 0.3 is 5.97 Å². The first-order valence-electron chi connectivity index (χ1n) is 8.86. The van der Waals surface area contributed by atoms with Crippen LogP contribution < -0.4 is 5.32 Å². The van der Waals surface area contributed by atoms with E-state index >= 15 is 0 Å². The van der Waals surface area contributed by atoms with Gasteiger partial charge in [-0.15, -0.1) is 11.3 Å². The molecule has 0 radical (unpaired) electrons. The standard InChI is InChI=1S/C22H18BrNO4S/c23-16-8-10-17(11-9-16)24-18(13-19(25)15-5-2-1-3-6-15)22(27)28-14-20(26)21-7-4-12-29-21/h1-12,18,24H,13-14H2/t18-/m1/s1. The first kappa shape index (κ1) is 21.0. The van der Waals surface area contributed by atoms with E-state index in [1.54, 1.807) is 53.9 Å². The summed E-state index contributed by atoms with van der Waals surface area (Å²) in [6, 6.07) is 18.5. The highest BCUT2D eigenvalue weighted by Crippen LogP contribution is 2.18. The predicted octanol–water partition coefficient (Wildman–Crippen LogP) is 4.99. The summed E-state index contributed by atoms with van der Waals surface area (Å²) < 4.78 is 6.11. The van der Waals surface area contributed by atoms with E-state index < -0.39 is 12.0 Å². The topological polar surface area (TPSA) is 72.5 Å². The van der Waals surface area contributed by atoms with Crippen LogP contribution in [0.2, 0.25) is 0 Å². The third-order valence-corrected chi connectivity index (χ3v) is 5.54. The van der Waals surface area contributed by atoms with Gasteiger partial charge in [-0.1, -0.05) is 52.3 Å². The van der Waals surface area contributed by atoms with Gasteiger partial charge in [0.1, 0.15) is 6.04 Å². The summed E-state index contributed by atoms with van der Waals surface area (Å²) >= 11 is 4.65. The minimum atomic E-state index is -0.917. The van der Waals surface area contributed by atoms with Gasteiger partial charge in [-0.25, -0.2) is 4.79 Å². The predicted molar refractivity (Wildman–Crippen MR) is 117 cm³/mol. The van der Waals surface area contributed by atoms with Gasteiger partial charge in [0.2, 0.25) is 5.78 Å². The van der Waals surface area contributed by atoms with E-state index in [4.69, 9.17) is 4.74 Å². The molecule has 0 fully saturated rings. The normalized spacial score (nSPS) is 11.5. The van der Waals surface area contributed by atoms with Gasteiger partial charge in [-0.05, 0) is 35.7 Å². The highest BCUT2D eigenvalue weighted by Gasteiger charge is 2.25. The van der Waals surface area contributed by atoms with Crippen molar-refractivity contribution in [1.82, 2.24) is 0 Å². The summed E-state index contributed by atoms with van der Waals surface area (Å²) in [5.41, 5.74) is 1.18. The summed E-state index contributed by atoms with van der Waals surface area (Å²) in [4.78, 5) is 37.9. The van der Waals surface area contributed by atoms with Crippen molar-refractivity contribution in [3.8, 4) is 0 Å². The summed E-state index contributed by atoms with van der Waals surface area (Å²) in [6.45, 7) is -0.364. The number of thiophene rings is 1. The Kier molecular flexibility index (Phi) is 7.32. The molecule has 0 saturated heterocycles. The zero-order valence-corrected chi connectivity index (χ0v) is 17.7. The molecule has 0 aliphatic carbocycles. The largest absolute Gasteiger partial charge is 0.456 e. The molecule has 0 saturated carbocycles. The Labute approximate surface area is 180 Å². The minimum absolute atomic E-state index is 0.0912. The first-order valence-corrected chi connectivity index (χ1v) is 10.5. The van der Waals surface area contributed by atoms with Crippen molar-refractivity contribution in [2.24, 2.45) is 0 Å². The second-order valence-corrected chi connectivity index (χ2v) is 8.07. The maximum absolute atomic E-state index is 12.7. The van der Waals surface area contributed by atoms with E-state index in [1.165, 1.54) is 11.3 Å². The highest BCUT2D eigenvalue weighted by atomic mass is 79.9. The van der Waals surface area contributed by atoms with Crippen molar-refractivity contribution in [3.63, 3.8) is 0 Å². The molecule has 1 heterocycles. The average molecular weight is 472 g/mol. The molecule has 1 atom stereocenters. The Bertz CT molecular complexity index is 972. The number of anilines is 1. The van der Waals surface area contributed by atoms with E-state index in [0.29, 0.717) is 16.1 Å². The molecule has 5 nitrogen and oxygen atoms in total. The van der Waals surface area contributed by atoms with Crippen LogP contribution in [-0.4, -0.2) is 30.2 Å². The Morgan fingerprint density at radius 3 is 2.31 bits per heavy atom. The Balaban J connectivity index is 1.70. The number of carbonyl (C=O) groups is 3. The van der Waals surface area contributed by atoms with Crippen LogP contribution in [0.5, 0.6) is 0 Å². The molecule has 7 heteroatoms. The number of esters is 1. The van der Waals surface area contributed by atoms with Crippen molar-refractivity contribution in [2.45, 2.75) is 12.5 Å². The SMILES string of the molecule is O=C(C[C@@H](Nc1ccc(Br)cc1)C(=O)OCC(=O)c1cccs1)c1ccccc1. The van der Waals surface area contributed by atoms with E-state index in [-0.39, 0.29) is 24.6 Å². The van der Waals surface area contributed by atoms with Gasteiger partial charge in [0.15, 0.2) is 12.4 Å². The summed E-state index contributed by atoms with van der Waals surface area (Å²) in [6.07, 6.45) is -0.0912. The molecule has 29 heavy (non-hydrogen) atoms. The molecular formula is C22H18BrNO4S. The van der Waals surface area contributed by atoms with Gasteiger partial charge in [0.05, 0.1) is 4.88 Å². The van der Waals surface area contributed by atoms with E-state index in [9.17, 15) is 14.4 Å². The molecule has 1 N–H and O–H groups in total. The molecule has 3 rings (SSSR count). The van der Waals surface area contributed by atoms with Crippen LogP contribution in [0.25, 0.3) is 0 Å². The molecule has 0 unspecified atom stereocenters. The molecule has 148 valence electrons. The van der Waals surface area contributed by atoms with Crippen molar-refractivity contribution in [2.75, 3.05) is 11.9 Å². The second kappa shape index (κ2) is 10.1. The van der Waals surface area contributed by atoms with Crippen LogP contribution in [0.1, 0.15) is 26.5 Å². The van der Waals surface area contributed by atoms with E-state index in [0.717, 1.165) is 4.47 Å². The number of hydrogen-bond acceptors (Lipinski definition) is 6. The maximum atomic E-state index is 12.7. The molecule has 0 aliphatic rings. The molecule has 0 aliphatic heterocycles. The smallest absolute Gasteiger partial charge is 0.329 e. The number of ether oxygens (including phenoxy) is 1. The number of carbonyl (C=O) groups excluding carboxylic acids is 3. The molecular weight excluding hydrogens is 454 g/mol. The van der Waals surface area contributed by atoms with Gasteiger partial charge in [-0.2, -0.15) is 0 Å². The maximum Gasteiger partial charge on any atom is 0.329 e. The number of Topliss-reactive ketones (excluding diaryl/α,β-unsaturated/α-hetero) is 2. The lowest BCUT2D eigenvalue weighted by atomic mass is 10.0. The number of halogens is 1. The van der Waals surface area contributed by atoms with Crippen LogP contribution in [0.15, 0.2) is 76.6 Å². The molecule has 2 aromatic carbocycles. The number of nitrogens with one attached hydrogen (secondary N) is 1. The minimum Gasteiger partial charge on any atom is -0.456 e. The Hall–Kier alpha value is -2.77. The third kappa shape index (κ3) is 6.10. The molecule has 3 aromatic rings. The van der Waals surface area contributed by atoms with Crippen molar-refractivity contribution < 1.29 is 19.1 Å². The monoisotopic (exact) mass is 471 g/mol. The van der Waals surface area contributed by atoms with Crippen LogP contribution in [0.3, 0.4) is 0 Å². The fourth-order valence-corrected chi connectivity index (χ4v) is 3.53. The Morgan fingerprint density at radius 2 is 1.66 bits per heavy atom. The quantitative estimate of drug-likeness (QED) is 0.351. The number of ketones is 2. The zero-order valence-electron chi connectivity index (χ0n) is 15.3. The molecule has 0 spiro atoms. The van der Waals surface area contributed by atoms with Crippen molar-refractivity contribution in [3.05, 3.63) is 87.0 Å². The van der Waals surface area contributed by atoms with Gasteiger partial charge < -0.3 is 10.1 Å². The molecule has 0 bridgehead atoms. The number of benzene rings is 2. The lowest BCUT2D eigenvalue weighted by molar-refractivity contribution is -0.143. The van der Waals surface area contributed by atoms with Crippen LogP contribution in [-0.2, 0) is 9.53 Å². The van der Waals surface area contributed by atoms with Crippen LogP contribution in [0, 0.1) is 0 Å². The lowest BCUT2D eigenvalue weighted by Gasteiger charge is -2.18. The van der Waals surface area contributed by atoms with E-state index in [2.05, 4.69) is 21.2 Å². The van der Waals surface area contributed by atoms with Crippen LogP contribution in [0.4, 0.5) is 5.69 Å². The highest BCUT2D eigenvalue weighted by molar-refractivity contribution is 9.10. The zero-order chi connectivity index (χ0) is 20.6. The number of hydrogen-bond donors (Lipinski definition) is 1.